The zero-order valence-corrected chi connectivity index (χ0v) is 20.5. The van der Waals surface area contributed by atoms with E-state index in [1.54, 1.807) is 0 Å². The minimum Gasteiger partial charge on any atom is -0.481 e. The molecule has 0 atom stereocenters. The van der Waals surface area contributed by atoms with Crippen molar-refractivity contribution in [3.63, 3.8) is 0 Å². The van der Waals surface area contributed by atoms with Crippen LogP contribution in [-0.4, -0.2) is 102 Å². The topological polar surface area (TPSA) is 291 Å². The van der Waals surface area contributed by atoms with E-state index in [9.17, 15) is 0 Å². The van der Waals surface area contributed by atoms with Gasteiger partial charge in [0.05, 0.1) is 13.2 Å². The number of carboxylic acids is 7. The van der Waals surface area contributed by atoms with E-state index in [0.717, 1.165) is 48.5 Å². The molecular weight excluding hydrogens is 472 g/mol. The summed E-state index contributed by atoms with van der Waals surface area (Å²) in [5, 5.41) is 60.0. The van der Waals surface area contributed by atoms with Crippen molar-refractivity contribution in [2.45, 2.75) is 55.4 Å². The molecule has 0 unspecified atom stereocenters. The van der Waals surface area contributed by atoms with Gasteiger partial charge in [-0.05, 0) is 6.92 Å². The molecule has 0 aliphatic rings. The third kappa shape index (κ3) is 33500. The Balaban J connectivity index is -0.0000000381. The fraction of sp³-hybridized carbons (Fsp3) is 0.611. The minimum atomic E-state index is -0.833. The maximum absolute atomic E-state index is 9.00. The summed E-state index contributed by atoms with van der Waals surface area (Å²) in [5.41, 5.74) is 0. The molecule has 0 aromatic rings. The van der Waals surface area contributed by atoms with E-state index in [-0.39, 0.29) is 6.61 Å². The van der Waals surface area contributed by atoms with Crippen LogP contribution in [0.5, 0.6) is 0 Å². The predicted molar refractivity (Wildman–Crippen MR) is 117 cm³/mol. The number of aliphatic hydroxyl groups is 1. The molecule has 0 saturated heterocycles. The number of carbonyl (C=O) groups is 7. The third-order valence-electron chi connectivity index (χ3n) is 0.440. The number of hydrogen-bond acceptors (Lipinski definition) is 9. The summed E-state index contributed by atoms with van der Waals surface area (Å²) in [7, 11) is 0. The summed E-state index contributed by atoms with van der Waals surface area (Å²) in [6.45, 7) is 10.8. The Kier molecular flexibility index (Phi) is 79.4. The monoisotopic (exact) mass is 510 g/mol. The van der Waals surface area contributed by atoms with Gasteiger partial charge >= 0.3 is 0 Å². The number of rotatable bonds is 3. The van der Waals surface area contributed by atoms with Crippen molar-refractivity contribution >= 4 is 41.8 Å². The Morgan fingerprint density at radius 3 is 0.618 bits per heavy atom. The molecule has 0 radical (unpaired) electrons. The first-order chi connectivity index (χ1) is 15.0. The number of carboxylic acid groups (broad SMARTS) is 7. The van der Waals surface area contributed by atoms with Gasteiger partial charge in [-0.25, -0.2) is 0 Å². The van der Waals surface area contributed by atoms with Gasteiger partial charge in [0.1, 0.15) is 0 Å². The molecule has 206 valence electrons. The Bertz CT molecular complexity index is 364. The Hall–Kier alpha value is -3.79. The van der Waals surface area contributed by atoms with Crippen molar-refractivity contribution in [3.05, 3.63) is 0 Å². The molecule has 0 aliphatic carbocycles. The number of ether oxygens (including phenoxy) is 1. The van der Waals surface area contributed by atoms with Crippen molar-refractivity contribution < 1.29 is 79.2 Å². The lowest BCUT2D eigenvalue weighted by Gasteiger charge is -1.91. The van der Waals surface area contributed by atoms with Crippen molar-refractivity contribution in [2.75, 3.05) is 19.8 Å². The molecule has 0 saturated carbocycles. The number of aliphatic carboxylic acids is 7. The summed E-state index contributed by atoms with van der Waals surface area (Å²) in [6, 6.07) is 0. The van der Waals surface area contributed by atoms with Crippen LogP contribution in [0.15, 0.2) is 0 Å². The van der Waals surface area contributed by atoms with Gasteiger partial charge in [0.15, 0.2) is 0 Å². The van der Waals surface area contributed by atoms with Crippen LogP contribution in [0.4, 0.5) is 0 Å². The first-order valence-corrected chi connectivity index (χ1v) is 8.59. The van der Waals surface area contributed by atoms with E-state index in [2.05, 4.69) is 0 Å². The summed E-state index contributed by atoms with van der Waals surface area (Å²) in [5.74, 6) is -5.83. The highest BCUT2D eigenvalue weighted by Gasteiger charge is 1.73. The molecule has 0 aromatic carbocycles. The molecule has 0 spiro atoms. The van der Waals surface area contributed by atoms with E-state index in [0.29, 0.717) is 13.2 Å². The Morgan fingerprint density at radius 2 is 0.588 bits per heavy atom. The summed E-state index contributed by atoms with van der Waals surface area (Å²) < 4.78 is 4.73. The van der Waals surface area contributed by atoms with Crippen LogP contribution in [-0.2, 0) is 38.3 Å². The Morgan fingerprint density at radius 1 is 0.471 bits per heavy atom. The normalized spacial score (nSPS) is 6.74. The highest BCUT2D eigenvalue weighted by Crippen LogP contribution is 1.66. The smallest absolute Gasteiger partial charge is 0.300 e. The van der Waals surface area contributed by atoms with Crippen LogP contribution < -0.4 is 0 Å². The molecule has 34 heavy (non-hydrogen) atoms. The first kappa shape index (κ1) is 52.3. The average Bonchev–Trinajstić information content (AvgIpc) is 2.49. The van der Waals surface area contributed by atoms with Crippen LogP contribution in [0.25, 0.3) is 0 Å². The largest absolute Gasteiger partial charge is 0.481 e. The van der Waals surface area contributed by atoms with Crippen LogP contribution >= 0.6 is 0 Å². The molecule has 0 fully saturated rings. The molecule has 0 aliphatic heterocycles. The predicted octanol–water partition coefficient (Wildman–Crippen LogP) is 0.652. The van der Waals surface area contributed by atoms with Gasteiger partial charge in [-0.3, -0.25) is 33.6 Å². The molecule has 0 heterocycles. The summed E-state index contributed by atoms with van der Waals surface area (Å²) in [6.07, 6.45) is 0. The van der Waals surface area contributed by atoms with Crippen molar-refractivity contribution in [2.24, 2.45) is 0 Å². The second-order valence-corrected chi connectivity index (χ2v) is 4.55. The molecule has 16 nitrogen and oxygen atoms in total. The van der Waals surface area contributed by atoms with Gasteiger partial charge < -0.3 is 45.6 Å². The maximum Gasteiger partial charge on any atom is 0.300 e. The molecule has 0 rings (SSSR count). The minimum absolute atomic E-state index is 0.133. The zero-order chi connectivity index (χ0) is 29.9. The molecule has 16 heteroatoms. The van der Waals surface area contributed by atoms with E-state index < -0.39 is 41.8 Å². The van der Waals surface area contributed by atoms with E-state index in [4.69, 9.17) is 79.2 Å². The second kappa shape index (κ2) is 51.7. The average molecular weight is 510 g/mol. The van der Waals surface area contributed by atoms with Gasteiger partial charge in [-0.15, -0.1) is 0 Å². The molecule has 8 N–H and O–H groups in total. The van der Waals surface area contributed by atoms with E-state index in [1.165, 1.54) is 0 Å². The lowest BCUT2D eigenvalue weighted by molar-refractivity contribution is -0.135. The standard InChI is InChI=1S/C4H10O2.7C2H4O2/c1-2-6-4-3-5;7*1-2(3)4/h5H,2-4H2,1H3;7*1H3,(H,3,4). The third-order valence-corrected chi connectivity index (χ3v) is 0.440. The van der Waals surface area contributed by atoms with Crippen LogP contribution in [0, 0.1) is 0 Å². The lowest BCUT2D eigenvalue weighted by Crippen LogP contribution is -1.96. The van der Waals surface area contributed by atoms with Gasteiger partial charge in [-0.2, -0.15) is 0 Å². The maximum atomic E-state index is 9.00. The summed E-state index contributed by atoms with van der Waals surface area (Å²) in [4.78, 5) is 63.0. The van der Waals surface area contributed by atoms with Gasteiger partial charge in [-0.1, -0.05) is 0 Å². The number of hydrogen-bond donors (Lipinski definition) is 8. The van der Waals surface area contributed by atoms with Crippen molar-refractivity contribution in [3.8, 4) is 0 Å². The van der Waals surface area contributed by atoms with Crippen molar-refractivity contribution in [1.29, 1.82) is 0 Å². The first-order valence-electron chi connectivity index (χ1n) is 8.59. The number of aliphatic hydroxyl groups excluding tert-OH is 1. The zero-order valence-electron chi connectivity index (χ0n) is 20.5. The van der Waals surface area contributed by atoms with Crippen LogP contribution in [0.3, 0.4) is 0 Å². The fourth-order valence-electron chi connectivity index (χ4n) is 0.209. The van der Waals surface area contributed by atoms with Crippen LogP contribution in [0.2, 0.25) is 0 Å². The summed E-state index contributed by atoms with van der Waals surface area (Å²) >= 11 is 0. The van der Waals surface area contributed by atoms with Crippen LogP contribution in [0.1, 0.15) is 55.4 Å². The molecule has 0 amide bonds. The highest BCUT2D eigenvalue weighted by atomic mass is 16.5. The fourth-order valence-corrected chi connectivity index (χ4v) is 0.209. The molecule has 0 aromatic heterocycles. The SMILES string of the molecule is CC(=O)O.CC(=O)O.CC(=O)O.CC(=O)O.CC(=O)O.CC(=O)O.CC(=O)O.CCOCCO. The quantitative estimate of drug-likeness (QED) is 0.242. The van der Waals surface area contributed by atoms with Gasteiger partial charge in [0, 0.05) is 55.1 Å². The second-order valence-electron chi connectivity index (χ2n) is 4.55. The lowest BCUT2D eigenvalue weighted by atomic mass is 10.8. The van der Waals surface area contributed by atoms with Gasteiger partial charge in [0.25, 0.3) is 41.8 Å². The highest BCUT2D eigenvalue weighted by molar-refractivity contribution is 5.64. The van der Waals surface area contributed by atoms with Gasteiger partial charge in [0.2, 0.25) is 0 Å². The van der Waals surface area contributed by atoms with E-state index in [1.807, 2.05) is 6.92 Å². The molecule has 0 bridgehead atoms. The van der Waals surface area contributed by atoms with E-state index >= 15 is 0 Å². The van der Waals surface area contributed by atoms with Crippen molar-refractivity contribution in [1.82, 2.24) is 0 Å². The Labute approximate surface area is 197 Å². The molecular formula is C18H38O16.